The predicted molar refractivity (Wildman–Crippen MR) is 97.3 cm³/mol. The molecule has 24 heavy (non-hydrogen) atoms. The van der Waals surface area contributed by atoms with Gasteiger partial charge in [0.2, 0.25) is 7.49 Å². The van der Waals surface area contributed by atoms with E-state index in [9.17, 15) is 9.46 Å². The van der Waals surface area contributed by atoms with Crippen LogP contribution in [0.25, 0.3) is 0 Å². The van der Waals surface area contributed by atoms with E-state index in [1.807, 2.05) is 0 Å². The topological polar surface area (TPSA) is 58.6 Å². The quantitative estimate of drug-likeness (QED) is 0.330. The van der Waals surface area contributed by atoms with E-state index in [0.29, 0.717) is 17.0 Å². The molecule has 3 aliphatic rings. The van der Waals surface area contributed by atoms with Crippen molar-refractivity contribution in [1.82, 2.24) is 0 Å². The Morgan fingerprint density at radius 3 is 1.29 bits per heavy atom. The van der Waals surface area contributed by atoms with Gasteiger partial charge in [-0.2, -0.15) is 0 Å². The fourth-order valence-corrected chi connectivity index (χ4v) is 12.0. The van der Waals surface area contributed by atoms with Crippen molar-refractivity contribution >= 4 is 15.7 Å². The molecule has 0 aromatic carbocycles. The van der Waals surface area contributed by atoms with Gasteiger partial charge in [-0.25, -0.2) is 0 Å². The molecular weight excluding hydrogens is 342 g/mol. The summed E-state index contributed by atoms with van der Waals surface area (Å²) in [7, 11) is -4.80. The van der Waals surface area contributed by atoms with Crippen LogP contribution in [-0.4, -0.2) is 17.0 Å². The lowest BCUT2D eigenvalue weighted by atomic mass is 9.99. The largest absolute Gasteiger partial charge is 0.564 e. The van der Waals surface area contributed by atoms with Crippen LogP contribution in [0.5, 0.6) is 0 Å². The second-order valence-corrected chi connectivity index (χ2v) is 12.5. The predicted octanol–water partition coefficient (Wildman–Crippen LogP) is 5.88. The fourth-order valence-electron chi connectivity index (χ4n) is 5.62. The van der Waals surface area contributed by atoms with Gasteiger partial charge in [-0.1, -0.05) is 19.3 Å². The summed E-state index contributed by atoms with van der Waals surface area (Å²) in [5, 5.41) is 0. The van der Waals surface area contributed by atoms with Crippen LogP contribution in [0.15, 0.2) is 0 Å². The van der Waals surface area contributed by atoms with E-state index < -0.39 is 15.7 Å². The Hall–Kier alpha value is 0.410. The minimum atomic E-state index is -2.92. The molecule has 3 rings (SSSR count). The molecule has 0 radical (unpaired) electrons. The van der Waals surface area contributed by atoms with Gasteiger partial charge in [0.1, 0.15) is 17.0 Å². The Labute approximate surface area is 148 Å². The van der Waals surface area contributed by atoms with Crippen molar-refractivity contribution in [2.75, 3.05) is 0 Å². The highest BCUT2D eigenvalue weighted by molar-refractivity contribution is 7.73. The maximum Gasteiger partial charge on any atom is 0.525 e. The van der Waals surface area contributed by atoms with Gasteiger partial charge in [-0.15, -0.1) is 0 Å². The third-order valence-electron chi connectivity index (χ3n) is 6.66. The molecule has 0 aliphatic heterocycles. The van der Waals surface area contributed by atoms with Gasteiger partial charge in [0.15, 0.2) is 0 Å². The Balaban J connectivity index is 1.90. The lowest BCUT2D eigenvalue weighted by molar-refractivity contribution is -0.230. The zero-order valence-corrected chi connectivity index (χ0v) is 16.7. The van der Waals surface area contributed by atoms with Crippen molar-refractivity contribution < 1.29 is 18.8 Å². The van der Waals surface area contributed by atoms with E-state index in [4.69, 9.17) is 9.35 Å². The summed E-state index contributed by atoms with van der Waals surface area (Å²) in [5.74, 6) is 0. The van der Waals surface area contributed by atoms with Crippen molar-refractivity contribution in [3.63, 3.8) is 0 Å². The summed E-state index contributed by atoms with van der Waals surface area (Å²) < 4.78 is 22.3. The van der Waals surface area contributed by atoms with Gasteiger partial charge in [-0.05, 0) is 86.3 Å². The summed E-state index contributed by atoms with van der Waals surface area (Å²) in [6, 6.07) is 0. The van der Waals surface area contributed by atoms with Crippen LogP contribution in [0.1, 0.15) is 96.3 Å². The van der Waals surface area contributed by atoms with Crippen LogP contribution < -0.4 is 4.89 Å². The molecule has 0 bridgehead atoms. The van der Waals surface area contributed by atoms with Gasteiger partial charge in [0.25, 0.3) is 0 Å². The van der Waals surface area contributed by atoms with Gasteiger partial charge < -0.3 is 4.89 Å². The van der Waals surface area contributed by atoms with E-state index >= 15 is 0 Å². The summed E-state index contributed by atoms with van der Waals surface area (Å²) in [5.41, 5.74) is 1.73. The first-order chi connectivity index (χ1) is 11.7. The van der Waals surface area contributed by atoms with Crippen LogP contribution in [0.2, 0.25) is 0 Å². The van der Waals surface area contributed by atoms with Gasteiger partial charge in [0.05, 0.1) is 4.67 Å². The first-order valence-corrected chi connectivity index (χ1v) is 13.1. The SMILES string of the molecule is O=[P+]([O-])OO[P+](C1CCCCC1)(C1CCCCC1)C1CCCCC1. The molecule has 0 aromatic heterocycles. The molecule has 6 heteroatoms. The van der Waals surface area contributed by atoms with Gasteiger partial charge >= 0.3 is 8.25 Å². The molecule has 0 heterocycles. The number of hydrogen-bond acceptors (Lipinski definition) is 4. The molecule has 3 aliphatic carbocycles. The summed E-state index contributed by atoms with van der Waals surface area (Å²) in [6.45, 7) is 0. The molecule has 1 unspecified atom stereocenters. The van der Waals surface area contributed by atoms with Crippen molar-refractivity contribution in [3.05, 3.63) is 0 Å². The smallest absolute Gasteiger partial charge is 0.525 e. The van der Waals surface area contributed by atoms with Crippen LogP contribution in [0.4, 0.5) is 0 Å². The first-order valence-electron chi connectivity index (χ1n) is 10.1. The third kappa shape index (κ3) is 4.38. The Morgan fingerprint density at radius 1 is 0.667 bits per heavy atom. The van der Waals surface area contributed by atoms with E-state index in [-0.39, 0.29) is 0 Å². The summed E-state index contributed by atoms with van der Waals surface area (Å²) in [4.78, 5) is 11.2. The normalized spacial score (nSPS) is 26.5. The van der Waals surface area contributed by atoms with Gasteiger partial charge in [-0.3, -0.25) is 0 Å². The monoisotopic (exact) mass is 375 g/mol. The standard InChI is InChI=1S/C18H33O4P2/c19-23(20)21-22-24(16-10-4-1-5-11-16,17-12-6-2-7-13-17)18-14-8-3-9-15-18/h16-18H,1-15H2/q+1. The number of hydrogen-bond donors (Lipinski definition) is 0. The van der Waals surface area contributed by atoms with Crippen LogP contribution in [0, 0.1) is 0 Å². The molecule has 0 spiro atoms. The lowest BCUT2D eigenvalue weighted by Crippen LogP contribution is -2.37. The first kappa shape index (κ1) is 19.2. The van der Waals surface area contributed by atoms with E-state index in [2.05, 4.69) is 0 Å². The van der Waals surface area contributed by atoms with Crippen molar-refractivity contribution in [2.24, 2.45) is 0 Å². The molecule has 1 atom stereocenters. The van der Waals surface area contributed by atoms with Gasteiger partial charge in [0, 0.05) is 0 Å². The molecule has 0 aromatic rings. The zero-order chi connectivity index (χ0) is 16.8. The van der Waals surface area contributed by atoms with E-state index in [1.165, 1.54) is 96.3 Å². The number of rotatable bonds is 6. The zero-order valence-electron chi connectivity index (χ0n) is 14.9. The highest BCUT2D eigenvalue weighted by Crippen LogP contribution is 2.78. The minimum Gasteiger partial charge on any atom is -0.564 e. The van der Waals surface area contributed by atoms with E-state index in [0.717, 1.165) is 0 Å². The average molecular weight is 375 g/mol. The molecule has 0 saturated heterocycles. The summed E-state index contributed by atoms with van der Waals surface area (Å²) >= 11 is 0. The fraction of sp³-hybridized carbons (Fsp3) is 1.00. The van der Waals surface area contributed by atoms with Crippen molar-refractivity contribution in [1.29, 1.82) is 0 Å². The third-order valence-corrected chi connectivity index (χ3v) is 12.3. The average Bonchev–Trinajstić information content (AvgIpc) is 2.65. The highest BCUT2D eigenvalue weighted by atomic mass is 31.2. The maximum atomic E-state index is 11.2. The Kier molecular flexibility index (Phi) is 7.49. The van der Waals surface area contributed by atoms with Crippen LogP contribution >= 0.6 is 15.7 Å². The Bertz CT molecular complexity index is 354. The van der Waals surface area contributed by atoms with E-state index in [1.54, 1.807) is 0 Å². The minimum absolute atomic E-state index is 0.576. The molecule has 3 fully saturated rings. The molecule has 138 valence electrons. The second kappa shape index (κ2) is 9.38. The second-order valence-electron chi connectivity index (χ2n) is 8.01. The highest BCUT2D eigenvalue weighted by Gasteiger charge is 2.62. The van der Waals surface area contributed by atoms with Crippen LogP contribution in [0.3, 0.4) is 0 Å². The van der Waals surface area contributed by atoms with Crippen molar-refractivity contribution in [3.8, 4) is 0 Å². The van der Waals surface area contributed by atoms with Crippen LogP contribution in [-0.2, 0) is 13.9 Å². The lowest BCUT2D eigenvalue weighted by Gasteiger charge is -2.44. The summed E-state index contributed by atoms with van der Waals surface area (Å²) in [6.07, 6.45) is 19.0. The molecule has 3 saturated carbocycles. The van der Waals surface area contributed by atoms with Crippen molar-refractivity contribution in [2.45, 2.75) is 113 Å². The molecule has 0 amide bonds. The Morgan fingerprint density at radius 2 is 1.00 bits per heavy atom. The maximum absolute atomic E-state index is 11.2. The molecule has 4 nitrogen and oxygen atoms in total. The molecular formula is C18H33O4P2+. The molecule has 0 N–H and O–H groups in total.